The van der Waals surface area contributed by atoms with Gasteiger partial charge in [0, 0.05) is 5.56 Å². The van der Waals surface area contributed by atoms with E-state index in [1.54, 1.807) is 24.3 Å². The molecule has 0 aliphatic heterocycles. The quantitative estimate of drug-likeness (QED) is 0.599. The number of aryl methyl sites for hydroxylation is 1. The van der Waals surface area contributed by atoms with Crippen LogP contribution in [0.5, 0.6) is 0 Å². The number of thiophene rings is 1. The Kier molecular flexibility index (Phi) is 5.46. The highest BCUT2D eigenvalue weighted by Gasteiger charge is 2.22. The second-order valence-corrected chi connectivity index (χ2v) is 8.10. The van der Waals surface area contributed by atoms with Crippen LogP contribution in [0.15, 0.2) is 60.0 Å². The Balaban J connectivity index is 1.52. The summed E-state index contributed by atoms with van der Waals surface area (Å²) >= 11 is 7.57. The molecule has 1 heterocycles. The van der Waals surface area contributed by atoms with Crippen molar-refractivity contribution in [2.24, 2.45) is 0 Å². The monoisotopic (exact) mass is 410 g/mol. The summed E-state index contributed by atoms with van der Waals surface area (Å²) in [5.41, 5.74) is 3.37. The van der Waals surface area contributed by atoms with Gasteiger partial charge in [-0.3, -0.25) is 9.59 Å². The molecule has 0 bridgehead atoms. The van der Waals surface area contributed by atoms with Gasteiger partial charge in [0.05, 0.1) is 21.6 Å². The summed E-state index contributed by atoms with van der Waals surface area (Å²) in [4.78, 5) is 25.7. The minimum absolute atomic E-state index is 0.00251. The molecule has 2 aromatic carbocycles. The number of hydrogen-bond acceptors (Lipinski definition) is 3. The maximum Gasteiger partial charge on any atom is 0.265 e. The molecule has 1 atom stereocenters. The van der Waals surface area contributed by atoms with Gasteiger partial charge in [-0.1, -0.05) is 41.9 Å². The Morgan fingerprint density at radius 2 is 1.89 bits per heavy atom. The SMILES string of the molecule is O=C(N[C@@H]1CCCc2ccccc21)c1ccc(Cl)c(NC(=O)c2cccs2)c1. The van der Waals surface area contributed by atoms with Crippen molar-refractivity contribution in [2.45, 2.75) is 25.3 Å². The number of amides is 2. The summed E-state index contributed by atoms with van der Waals surface area (Å²) < 4.78 is 0. The molecule has 0 saturated carbocycles. The van der Waals surface area contributed by atoms with E-state index >= 15 is 0 Å². The van der Waals surface area contributed by atoms with E-state index in [1.165, 1.54) is 22.5 Å². The van der Waals surface area contributed by atoms with Crippen LogP contribution in [-0.2, 0) is 6.42 Å². The summed E-state index contributed by atoms with van der Waals surface area (Å²) in [6, 6.07) is 16.7. The third kappa shape index (κ3) is 3.96. The molecule has 4 rings (SSSR count). The Morgan fingerprint density at radius 3 is 2.71 bits per heavy atom. The number of anilines is 1. The maximum absolute atomic E-state index is 12.8. The van der Waals surface area contributed by atoms with Crippen LogP contribution in [0.1, 0.15) is 50.0 Å². The van der Waals surface area contributed by atoms with E-state index in [0.29, 0.717) is 21.2 Å². The third-order valence-electron chi connectivity index (χ3n) is 4.90. The van der Waals surface area contributed by atoms with Crippen molar-refractivity contribution in [3.8, 4) is 0 Å². The van der Waals surface area contributed by atoms with Crippen LogP contribution in [0.25, 0.3) is 0 Å². The number of hydrogen-bond donors (Lipinski definition) is 2. The Hall–Kier alpha value is -2.63. The number of fused-ring (bicyclic) bond motifs is 1. The molecule has 1 aliphatic carbocycles. The zero-order valence-corrected chi connectivity index (χ0v) is 16.6. The third-order valence-corrected chi connectivity index (χ3v) is 6.09. The van der Waals surface area contributed by atoms with Crippen LogP contribution < -0.4 is 10.6 Å². The molecule has 0 unspecified atom stereocenters. The van der Waals surface area contributed by atoms with Crippen molar-refractivity contribution in [2.75, 3.05) is 5.32 Å². The standard InChI is InChI=1S/C22H19ClN2O2S/c23-17-11-10-15(13-19(17)25-22(27)20-9-4-12-28-20)21(26)24-18-8-3-6-14-5-1-2-7-16(14)18/h1-2,4-5,7,9-13,18H,3,6,8H2,(H,24,26)(H,25,27)/t18-/m1/s1. The largest absolute Gasteiger partial charge is 0.345 e. The first-order valence-corrected chi connectivity index (χ1v) is 10.4. The number of nitrogens with one attached hydrogen (secondary N) is 2. The summed E-state index contributed by atoms with van der Waals surface area (Å²) in [5, 5.41) is 8.14. The van der Waals surface area contributed by atoms with E-state index in [2.05, 4.69) is 22.8 Å². The molecule has 0 fully saturated rings. The fraction of sp³-hybridized carbons (Fsp3) is 0.182. The Morgan fingerprint density at radius 1 is 1.04 bits per heavy atom. The lowest BCUT2D eigenvalue weighted by atomic mass is 9.87. The van der Waals surface area contributed by atoms with Crippen molar-refractivity contribution in [1.82, 2.24) is 5.32 Å². The number of rotatable bonds is 4. The van der Waals surface area contributed by atoms with E-state index in [9.17, 15) is 9.59 Å². The molecule has 0 radical (unpaired) electrons. The molecule has 1 aromatic heterocycles. The van der Waals surface area contributed by atoms with Gasteiger partial charge in [-0.15, -0.1) is 11.3 Å². The molecule has 28 heavy (non-hydrogen) atoms. The fourth-order valence-corrected chi connectivity index (χ4v) is 4.28. The lowest BCUT2D eigenvalue weighted by Gasteiger charge is -2.26. The lowest BCUT2D eigenvalue weighted by molar-refractivity contribution is 0.0931. The number of halogens is 1. The molecular formula is C22H19ClN2O2S. The molecular weight excluding hydrogens is 392 g/mol. The van der Waals surface area contributed by atoms with Crippen LogP contribution in [0.4, 0.5) is 5.69 Å². The maximum atomic E-state index is 12.8. The molecule has 142 valence electrons. The van der Waals surface area contributed by atoms with Crippen molar-refractivity contribution < 1.29 is 9.59 Å². The van der Waals surface area contributed by atoms with E-state index in [0.717, 1.165) is 19.3 Å². The average Bonchev–Trinajstić information content (AvgIpc) is 3.25. The Bertz CT molecular complexity index is 1020. The van der Waals surface area contributed by atoms with E-state index < -0.39 is 0 Å². The van der Waals surface area contributed by atoms with Gasteiger partial charge in [0.2, 0.25) is 0 Å². The normalized spacial score (nSPS) is 15.5. The number of carbonyl (C=O) groups excluding carboxylic acids is 2. The van der Waals surface area contributed by atoms with Crippen LogP contribution in [0.2, 0.25) is 5.02 Å². The van der Waals surface area contributed by atoms with Gasteiger partial charge in [0.1, 0.15) is 0 Å². The van der Waals surface area contributed by atoms with E-state index in [-0.39, 0.29) is 17.9 Å². The van der Waals surface area contributed by atoms with Crippen LogP contribution in [0, 0.1) is 0 Å². The Labute approximate surface area is 172 Å². The summed E-state index contributed by atoms with van der Waals surface area (Å²) in [5.74, 6) is -0.416. The summed E-state index contributed by atoms with van der Waals surface area (Å²) in [6.07, 6.45) is 3.01. The highest BCUT2D eigenvalue weighted by molar-refractivity contribution is 7.12. The van der Waals surface area contributed by atoms with Gasteiger partial charge in [-0.05, 0) is 60.0 Å². The van der Waals surface area contributed by atoms with Gasteiger partial charge in [-0.25, -0.2) is 0 Å². The van der Waals surface area contributed by atoms with Gasteiger partial charge >= 0.3 is 0 Å². The van der Waals surface area contributed by atoms with E-state index in [1.807, 2.05) is 23.6 Å². The number of benzene rings is 2. The van der Waals surface area contributed by atoms with Gasteiger partial charge in [-0.2, -0.15) is 0 Å². The second-order valence-electron chi connectivity index (χ2n) is 6.74. The van der Waals surface area contributed by atoms with Crippen LogP contribution >= 0.6 is 22.9 Å². The summed E-state index contributed by atoms with van der Waals surface area (Å²) in [6.45, 7) is 0. The minimum Gasteiger partial charge on any atom is -0.345 e. The molecule has 2 amide bonds. The van der Waals surface area contributed by atoms with Gasteiger partial charge in [0.25, 0.3) is 11.8 Å². The molecule has 4 nitrogen and oxygen atoms in total. The fourth-order valence-electron chi connectivity index (χ4n) is 3.50. The summed E-state index contributed by atoms with van der Waals surface area (Å²) in [7, 11) is 0. The van der Waals surface area contributed by atoms with Crippen molar-refractivity contribution >= 4 is 40.4 Å². The first kappa shape index (κ1) is 18.7. The van der Waals surface area contributed by atoms with E-state index in [4.69, 9.17) is 11.6 Å². The van der Waals surface area contributed by atoms with Crippen LogP contribution in [0.3, 0.4) is 0 Å². The zero-order chi connectivity index (χ0) is 19.5. The van der Waals surface area contributed by atoms with Gasteiger partial charge in [0.15, 0.2) is 0 Å². The zero-order valence-electron chi connectivity index (χ0n) is 15.1. The van der Waals surface area contributed by atoms with Crippen LogP contribution in [-0.4, -0.2) is 11.8 Å². The lowest BCUT2D eigenvalue weighted by Crippen LogP contribution is -2.31. The minimum atomic E-state index is -0.240. The second kappa shape index (κ2) is 8.17. The highest BCUT2D eigenvalue weighted by atomic mass is 35.5. The predicted octanol–water partition coefficient (Wildman–Crippen LogP) is 5.46. The molecule has 0 spiro atoms. The molecule has 2 N–H and O–H groups in total. The highest BCUT2D eigenvalue weighted by Crippen LogP contribution is 2.30. The molecule has 0 saturated heterocycles. The topological polar surface area (TPSA) is 58.2 Å². The predicted molar refractivity (Wildman–Crippen MR) is 113 cm³/mol. The first-order valence-electron chi connectivity index (χ1n) is 9.15. The van der Waals surface area contributed by atoms with Gasteiger partial charge < -0.3 is 10.6 Å². The average molecular weight is 411 g/mol. The van der Waals surface area contributed by atoms with Crippen molar-refractivity contribution in [1.29, 1.82) is 0 Å². The molecule has 6 heteroatoms. The molecule has 1 aliphatic rings. The van der Waals surface area contributed by atoms with Crippen molar-refractivity contribution in [3.63, 3.8) is 0 Å². The van der Waals surface area contributed by atoms with Crippen molar-refractivity contribution in [3.05, 3.63) is 86.6 Å². The first-order chi connectivity index (χ1) is 13.6. The number of carbonyl (C=O) groups is 2. The smallest absolute Gasteiger partial charge is 0.265 e. The molecule has 3 aromatic rings.